The van der Waals surface area contributed by atoms with Gasteiger partial charge in [-0.2, -0.15) is 0 Å². The largest absolute Gasteiger partial charge is 0.496 e. The Balaban J connectivity index is 2.65. The molecule has 1 aromatic carbocycles. The molecule has 0 heterocycles. The first-order valence-corrected chi connectivity index (χ1v) is 5.60. The van der Waals surface area contributed by atoms with Gasteiger partial charge in [-0.1, -0.05) is 19.1 Å². The van der Waals surface area contributed by atoms with Crippen molar-refractivity contribution in [2.24, 2.45) is 0 Å². The smallest absolute Gasteiger partial charge is 0.132 e. The summed E-state index contributed by atoms with van der Waals surface area (Å²) >= 11 is 1.83. The van der Waals surface area contributed by atoms with Gasteiger partial charge >= 0.3 is 0 Å². The molecule has 0 aliphatic heterocycles. The minimum Gasteiger partial charge on any atom is -0.496 e. The molecule has 2 nitrogen and oxygen atoms in total. The van der Waals surface area contributed by atoms with Crippen LogP contribution in [0.2, 0.25) is 0 Å². The van der Waals surface area contributed by atoms with Crippen LogP contribution in [0.1, 0.15) is 6.92 Å². The van der Waals surface area contributed by atoms with E-state index in [0.29, 0.717) is 5.25 Å². The molecule has 0 aliphatic carbocycles. The maximum atomic E-state index is 5.28. The fraction of sp³-hybridized carbons (Fsp3) is 0.455. The van der Waals surface area contributed by atoms with Crippen LogP contribution in [0.4, 0.5) is 0 Å². The number of rotatable bonds is 5. The zero-order chi connectivity index (χ0) is 10.4. The SMILES string of the molecule is CNCC(C)Sc1ccccc1OC. The topological polar surface area (TPSA) is 21.3 Å². The number of methoxy groups -OCH3 is 1. The standard InChI is InChI=1S/C11H17NOS/c1-9(8-12-2)14-11-7-5-4-6-10(11)13-3/h4-7,9,12H,8H2,1-3H3. The highest BCUT2D eigenvalue weighted by Gasteiger charge is 2.07. The summed E-state index contributed by atoms with van der Waals surface area (Å²) in [5, 5.41) is 3.72. The molecule has 0 aliphatic rings. The van der Waals surface area contributed by atoms with Crippen LogP contribution >= 0.6 is 11.8 Å². The summed E-state index contributed by atoms with van der Waals surface area (Å²) in [4.78, 5) is 1.21. The lowest BCUT2D eigenvalue weighted by Gasteiger charge is -2.12. The molecule has 0 radical (unpaired) electrons. The molecule has 0 fully saturated rings. The first-order chi connectivity index (χ1) is 6.77. The van der Waals surface area contributed by atoms with E-state index >= 15 is 0 Å². The van der Waals surface area contributed by atoms with E-state index in [1.807, 2.05) is 37.0 Å². The molecule has 1 N–H and O–H groups in total. The Hall–Kier alpha value is -0.670. The number of para-hydroxylation sites is 1. The van der Waals surface area contributed by atoms with E-state index in [0.717, 1.165) is 12.3 Å². The highest BCUT2D eigenvalue weighted by Crippen LogP contribution is 2.31. The third-order valence-electron chi connectivity index (χ3n) is 1.89. The Kier molecular flexibility index (Phi) is 4.84. The van der Waals surface area contributed by atoms with Crippen molar-refractivity contribution in [3.05, 3.63) is 24.3 Å². The number of hydrogen-bond donors (Lipinski definition) is 1. The number of nitrogens with one attached hydrogen (secondary N) is 1. The summed E-state index contributed by atoms with van der Waals surface area (Å²) in [7, 11) is 3.68. The number of hydrogen-bond acceptors (Lipinski definition) is 3. The van der Waals surface area contributed by atoms with E-state index in [1.165, 1.54) is 4.90 Å². The van der Waals surface area contributed by atoms with Crippen molar-refractivity contribution in [3.8, 4) is 5.75 Å². The molecule has 78 valence electrons. The van der Waals surface area contributed by atoms with Gasteiger partial charge in [-0.15, -0.1) is 11.8 Å². The molecule has 0 spiro atoms. The second-order valence-electron chi connectivity index (χ2n) is 3.14. The van der Waals surface area contributed by atoms with E-state index in [9.17, 15) is 0 Å². The molecule has 3 heteroatoms. The van der Waals surface area contributed by atoms with Crippen molar-refractivity contribution in [3.63, 3.8) is 0 Å². The minimum atomic E-state index is 0.552. The van der Waals surface area contributed by atoms with Crippen LogP contribution in [-0.4, -0.2) is 26.0 Å². The molecule has 0 aromatic heterocycles. The molecule has 14 heavy (non-hydrogen) atoms. The Labute approximate surface area is 90.0 Å². The third kappa shape index (κ3) is 3.24. The van der Waals surface area contributed by atoms with Crippen LogP contribution in [0.15, 0.2) is 29.2 Å². The normalized spacial score (nSPS) is 12.5. The highest BCUT2D eigenvalue weighted by atomic mass is 32.2. The van der Waals surface area contributed by atoms with Crippen molar-refractivity contribution in [1.29, 1.82) is 0 Å². The van der Waals surface area contributed by atoms with Crippen LogP contribution < -0.4 is 10.1 Å². The van der Waals surface area contributed by atoms with Crippen LogP contribution in [-0.2, 0) is 0 Å². The fourth-order valence-electron chi connectivity index (χ4n) is 1.26. The monoisotopic (exact) mass is 211 g/mol. The van der Waals surface area contributed by atoms with Gasteiger partial charge in [0.1, 0.15) is 5.75 Å². The van der Waals surface area contributed by atoms with Crippen molar-refractivity contribution < 1.29 is 4.74 Å². The predicted octanol–water partition coefficient (Wildman–Crippen LogP) is 2.40. The lowest BCUT2D eigenvalue weighted by molar-refractivity contribution is 0.404. The Morgan fingerprint density at radius 2 is 2.14 bits per heavy atom. The Bertz CT molecular complexity index is 278. The van der Waals surface area contributed by atoms with Crippen LogP contribution in [0.5, 0.6) is 5.75 Å². The number of thioether (sulfide) groups is 1. The average Bonchev–Trinajstić information content (AvgIpc) is 2.19. The highest BCUT2D eigenvalue weighted by molar-refractivity contribution is 8.00. The summed E-state index contributed by atoms with van der Waals surface area (Å²) in [6.07, 6.45) is 0. The average molecular weight is 211 g/mol. The van der Waals surface area contributed by atoms with Gasteiger partial charge in [0.25, 0.3) is 0 Å². The van der Waals surface area contributed by atoms with Gasteiger partial charge in [0.2, 0.25) is 0 Å². The Morgan fingerprint density at radius 3 is 2.79 bits per heavy atom. The minimum absolute atomic E-state index is 0.552. The fourth-order valence-corrected chi connectivity index (χ4v) is 2.37. The van der Waals surface area contributed by atoms with Crippen LogP contribution in [0.3, 0.4) is 0 Å². The van der Waals surface area contributed by atoms with E-state index < -0.39 is 0 Å². The number of ether oxygens (including phenoxy) is 1. The second-order valence-corrected chi connectivity index (χ2v) is 4.62. The molecule has 0 amide bonds. The molecule has 1 rings (SSSR count). The van der Waals surface area contributed by atoms with Crippen molar-refractivity contribution in [2.75, 3.05) is 20.7 Å². The van der Waals surface area contributed by atoms with Gasteiger partial charge in [-0.05, 0) is 19.2 Å². The van der Waals surface area contributed by atoms with Crippen molar-refractivity contribution >= 4 is 11.8 Å². The first-order valence-electron chi connectivity index (χ1n) is 4.72. The molecular formula is C11H17NOS. The third-order valence-corrected chi connectivity index (χ3v) is 3.05. The molecule has 1 atom stereocenters. The van der Waals surface area contributed by atoms with Crippen LogP contribution in [0, 0.1) is 0 Å². The number of benzene rings is 1. The van der Waals surface area contributed by atoms with Crippen molar-refractivity contribution in [2.45, 2.75) is 17.1 Å². The van der Waals surface area contributed by atoms with E-state index in [4.69, 9.17) is 4.74 Å². The summed E-state index contributed by atoms with van der Waals surface area (Å²) in [6.45, 7) is 3.20. The Morgan fingerprint density at radius 1 is 1.43 bits per heavy atom. The molecular weight excluding hydrogens is 194 g/mol. The van der Waals surface area contributed by atoms with Gasteiger partial charge in [0.05, 0.1) is 7.11 Å². The van der Waals surface area contributed by atoms with Gasteiger partial charge in [-0.25, -0.2) is 0 Å². The lowest BCUT2D eigenvalue weighted by atomic mass is 10.3. The maximum Gasteiger partial charge on any atom is 0.132 e. The van der Waals surface area contributed by atoms with Gasteiger partial charge in [0, 0.05) is 16.7 Å². The summed E-state index contributed by atoms with van der Waals surface area (Å²) < 4.78 is 5.28. The van der Waals surface area contributed by atoms with Crippen molar-refractivity contribution in [1.82, 2.24) is 5.32 Å². The molecule has 0 saturated carbocycles. The van der Waals surface area contributed by atoms with Gasteiger partial charge < -0.3 is 10.1 Å². The quantitative estimate of drug-likeness (QED) is 0.756. The molecule has 1 aromatic rings. The molecule has 0 bridgehead atoms. The second kappa shape index (κ2) is 5.94. The maximum absolute atomic E-state index is 5.28. The van der Waals surface area contributed by atoms with Crippen LogP contribution in [0.25, 0.3) is 0 Å². The summed E-state index contributed by atoms with van der Waals surface area (Å²) in [5.41, 5.74) is 0. The molecule has 0 saturated heterocycles. The van der Waals surface area contributed by atoms with E-state index in [2.05, 4.69) is 18.3 Å². The summed E-state index contributed by atoms with van der Waals surface area (Å²) in [5.74, 6) is 0.959. The lowest BCUT2D eigenvalue weighted by Crippen LogP contribution is -2.17. The van der Waals surface area contributed by atoms with Gasteiger partial charge in [0.15, 0.2) is 0 Å². The summed E-state index contributed by atoms with van der Waals surface area (Å²) in [6, 6.07) is 8.12. The van der Waals surface area contributed by atoms with Gasteiger partial charge in [-0.3, -0.25) is 0 Å². The first kappa shape index (κ1) is 11.4. The van der Waals surface area contributed by atoms with E-state index in [1.54, 1.807) is 7.11 Å². The zero-order valence-corrected chi connectivity index (χ0v) is 9.73. The molecule has 1 unspecified atom stereocenters. The van der Waals surface area contributed by atoms with E-state index in [-0.39, 0.29) is 0 Å². The predicted molar refractivity (Wildman–Crippen MR) is 62.2 cm³/mol. The zero-order valence-electron chi connectivity index (χ0n) is 8.91.